The summed E-state index contributed by atoms with van der Waals surface area (Å²) in [4.78, 5) is 30.1. The monoisotopic (exact) mass is 450 g/mol. The van der Waals surface area contributed by atoms with Crippen LogP contribution in [0.3, 0.4) is 0 Å². The van der Waals surface area contributed by atoms with E-state index in [4.69, 9.17) is 14.2 Å². The zero-order valence-corrected chi connectivity index (χ0v) is 18.8. The predicted octanol–water partition coefficient (Wildman–Crippen LogP) is 4.18. The highest BCUT2D eigenvalue weighted by Gasteiger charge is 2.15. The Hall–Kier alpha value is -3.65. The number of nitrogens with zero attached hydrogens (tertiary/aromatic N) is 2. The zero-order valence-electron chi connectivity index (χ0n) is 18.0. The number of methoxy groups -OCH3 is 2. The van der Waals surface area contributed by atoms with Gasteiger partial charge in [0.25, 0.3) is 5.91 Å². The normalized spacial score (nSPS) is 11.7. The maximum Gasteiger partial charge on any atom is 0.326 e. The Kier molecular flexibility index (Phi) is 6.23. The second kappa shape index (κ2) is 9.23. The Balaban J connectivity index is 1.88. The first-order chi connectivity index (χ1) is 15.5. The standard InChI is InChI=1S/C24H22N2O5S/c1-4-31-21(27)14-26-18-11-9-15-7-5-6-8-17(15)22(18)32-24(26)25-23(28)16-10-12-19(29-2)20(13-16)30-3/h5-13H,4,14H2,1-3H3. The van der Waals surface area contributed by atoms with E-state index < -0.39 is 5.91 Å². The van der Waals surface area contributed by atoms with Gasteiger partial charge in [0, 0.05) is 10.9 Å². The molecule has 0 bridgehead atoms. The summed E-state index contributed by atoms with van der Waals surface area (Å²) in [6, 6.07) is 16.8. The van der Waals surface area contributed by atoms with Crippen molar-refractivity contribution in [3.8, 4) is 11.5 Å². The van der Waals surface area contributed by atoms with Crippen LogP contribution >= 0.6 is 11.3 Å². The van der Waals surface area contributed by atoms with Crippen molar-refractivity contribution in [1.82, 2.24) is 4.57 Å². The fourth-order valence-corrected chi connectivity index (χ4v) is 4.66. The van der Waals surface area contributed by atoms with Gasteiger partial charge in [-0.3, -0.25) is 9.59 Å². The average molecular weight is 451 g/mol. The Morgan fingerprint density at radius 1 is 1.00 bits per heavy atom. The van der Waals surface area contributed by atoms with Crippen molar-refractivity contribution in [2.45, 2.75) is 13.5 Å². The number of esters is 1. The van der Waals surface area contributed by atoms with E-state index in [0.717, 1.165) is 21.0 Å². The number of ether oxygens (including phenoxy) is 3. The molecule has 1 amide bonds. The third kappa shape index (κ3) is 4.09. The lowest BCUT2D eigenvalue weighted by Gasteiger charge is -2.08. The van der Waals surface area contributed by atoms with Gasteiger partial charge >= 0.3 is 5.97 Å². The molecule has 0 radical (unpaired) electrons. The van der Waals surface area contributed by atoms with Gasteiger partial charge in [-0.05, 0) is 36.6 Å². The first-order valence-electron chi connectivity index (χ1n) is 10.0. The zero-order chi connectivity index (χ0) is 22.7. The minimum Gasteiger partial charge on any atom is -0.493 e. The van der Waals surface area contributed by atoms with Crippen LogP contribution < -0.4 is 14.3 Å². The molecular formula is C24H22N2O5S. The number of carbonyl (C=O) groups excluding carboxylic acids is 2. The topological polar surface area (TPSA) is 79.1 Å². The minimum absolute atomic E-state index is 0.0375. The first kappa shape index (κ1) is 21.6. The van der Waals surface area contributed by atoms with Gasteiger partial charge in [-0.1, -0.05) is 41.7 Å². The third-order valence-corrected chi connectivity index (χ3v) is 6.12. The lowest BCUT2D eigenvalue weighted by Crippen LogP contribution is -2.23. The summed E-state index contributed by atoms with van der Waals surface area (Å²) in [5, 5.41) is 2.11. The number of rotatable bonds is 6. The van der Waals surface area contributed by atoms with Gasteiger partial charge in [-0.25, -0.2) is 0 Å². The second-order valence-corrected chi connectivity index (χ2v) is 7.87. The fraction of sp³-hybridized carbons (Fsp3) is 0.208. The molecule has 4 aromatic rings. The smallest absolute Gasteiger partial charge is 0.326 e. The molecule has 32 heavy (non-hydrogen) atoms. The van der Waals surface area contributed by atoms with Crippen LogP contribution in [0.1, 0.15) is 17.3 Å². The molecule has 0 N–H and O–H groups in total. The molecule has 0 aliphatic carbocycles. The van der Waals surface area contributed by atoms with Gasteiger partial charge in [-0.15, -0.1) is 0 Å². The highest BCUT2D eigenvalue weighted by molar-refractivity contribution is 7.17. The molecule has 7 nitrogen and oxygen atoms in total. The van der Waals surface area contributed by atoms with Crippen LogP contribution in [-0.2, 0) is 16.1 Å². The van der Waals surface area contributed by atoms with Gasteiger partial charge in [-0.2, -0.15) is 4.99 Å². The molecule has 8 heteroatoms. The number of aromatic nitrogens is 1. The summed E-state index contributed by atoms with van der Waals surface area (Å²) in [6.45, 7) is 2.00. The SMILES string of the molecule is CCOC(=O)Cn1c(=NC(=O)c2ccc(OC)c(OC)c2)sc2c3ccccc3ccc21. The summed E-state index contributed by atoms with van der Waals surface area (Å²) < 4.78 is 18.3. The summed E-state index contributed by atoms with van der Waals surface area (Å²) in [5.74, 6) is 0.129. The Bertz CT molecular complexity index is 1390. The lowest BCUT2D eigenvalue weighted by atomic mass is 10.1. The highest BCUT2D eigenvalue weighted by Crippen LogP contribution is 2.29. The van der Waals surface area contributed by atoms with Gasteiger partial charge in [0.1, 0.15) is 6.54 Å². The molecule has 164 valence electrons. The van der Waals surface area contributed by atoms with Crippen molar-refractivity contribution >= 4 is 44.2 Å². The molecule has 0 atom stereocenters. The number of carbonyl (C=O) groups is 2. The van der Waals surface area contributed by atoms with E-state index in [0.29, 0.717) is 21.9 Å². The molecule has 0 saturated heterocycles. The van der Waals surface area contributed by atoms with Crippen molar-refractivity contribution in [3.63, 3.8) is 0 Å². The van der Waals surface area contributed by atoms with Gasteiger partial charge < -0.3 is 18.8 Å². The molecule has 0 unspecified atom stereocenters. The number of fused-ring (bicyclic) bond motifs is 3. The third-order valence-electron chi connectivity index (χ3n) is 4.99. The Morgan fingerprint density at radius 2 is 1.78 bits per heavy atom. The van der Waals surface area contributed by atoms with E-state index in [9.17, 15) is 9.59 Å². The number of hydrogen-bond acceptors (Lipinski definition) is 6. The summed E-state index contributed by atoms with van der Waals surface area (Å²) >= 11 is 1.37. The molecule has 4 rings (SSSR count). The largest absolute Gasteiger partial charge is 0.493 e. The Labute approximate surface area is 188 Å². The Morgan fingerprint density at radius 3 is 2.53 bits per heavy atom. The van der Waals surface area contributed by atoms with E-state index in [1.54, 1.807) is 29.7 Å². The molecule has 0 aliphatic heterocycles. The first-order valence-corrected chi connectivity index (χ1v) is 10.8. The molecule has 0 aliphatic rings. The van der Waals surface area contributed by atoms with Crippen LogP contribution in [0, 0.1) is 0 Å². The summed E-state index contributed by atoms with van der Waals surface area (Å²) in [7, 11) is 3.04. The van der Waals surface area contributed by atoms with Crippen LogP contribution in [-0.4, -0.2) is 37.3 Å². The van der Waals surface area contributed by atoms with Crippen LogP contribution in [0.4, 0.5) is 0 Å². The van der Waals surface area contributed by atoms with Gasteiger partial charge in [0.05, 0.1) is 31.0 Å². The number of benzene rings is 3. The average Bonchev–Trinajstić information content (AvgIpc) is 3.15. The number of hydrogen-bond donors (Lipinski definition) is 0. The van der Waals surface area contributed by atoms with Crippen LogP contribution in [0.2, 0.25) is 0 Å². The molecule has 0 spiro atoms. The van der Waals surface area contributed by atoms with Crippen LogP contribution in [0.25, 0.3) is 21.0 Å². The molecular weight excluding hydrogens is 428 g/mol. The van der Waals surface area contributed by atoms with Gasteiger partial charge in [0.15, 0.2) is 16.3 Å². The predicted molar refractivity (Wildman–Crippen MR) is 123 cm³/mol. The van der Waals surface area contributed by atoms with E-state index in [1.807, 2.05) is 36.4 Å². The van der Waals surface area contributed by atoms with Crippen molar-refractivity contribution in [2.75, 3.05) is 20.8 Å². The second-order valence-electron chi connectivity index (χ2n) is 6.90. The van der Waals surface area contributed by atoms with Gasteiger partial charge in [0.2, 0.25) is 0 Å². The molecule has 0 fully saturated rings. The molecule has 3 aromatic carbocycles. The van der Waals surface area contributed by atoms with Crippen LogP contribution in [0.5, 0.6) is 11.5 Å². The quantitative estimate of drug-likeness (QED) is 0.412. The van der Waals surface area contributed by atoms with Crippen LogP contribution in [0.15, 0.2) is 59.6 Å². The maximum atomic E-state index is 13.0. The lowest BCUT2D eigenvalue weighted by molar-refractivity contribution is -0.143. The van der Waals surface area contributed by atoms with Crippen molar-refractivity contribution in [3.05, 3.63) is 65.0 Å². The molecule has 1 heterocycles. The van der Waals surface area contributed by atoms with E-state index in [1.165, 1.54) is 25.6 Å². The summed E-state index contributed by atoms with van der Waals surface area (Å²) in [6.07, 6.45) is 0. The highest BCUT2D eigenvalue weighted by atomic mass is 32.1. The number of thiazole rings is 1. The molecule has 0 saturated carbocycles. The van der Waals surface area contributed by atoms with E-state index in [2.05, 4.69) is 4.99 Å². The maximum absolute atomic E-state index is 13.0. The van der Waals surface area contributed by atoms with E-state index >= 15 is 0 Å². The molecule has 1 aromatic heterocycles. The van der Waals surface area contributed by atoms with Crippen molar-refractivity contribution in [1.29, 1.82) is 0 Å². The number of amides is 1. The fourth-order valence-electron chi connectivity index (χ4n) is 3.49. The van der Waals surface area contributed by atoms with Crippen molar-refractivity contribution < 1.29 is 23.8 Å². The van der Waals surface area contributed by atoms with Crippen molar-refractivity contribution in [2.24, 2.45) is 4.99 Å². The van der Waals surface area contributed by atoms with E-state index in [-0.39, 0.29) is 19.1 Å². The summed E-state index contributed by atoms with van der Waals surface area (Å²) in [5.41, 5.74) is 1.17. The minimum atomic E-state index is -0.445.